The Labute approximate surface area is 134 Å². The number of methoxy groups -OCH3 is 1. The maximum Gasteiger partial charge on any atom is 0.271 e. The molecule has 0 aromatic heterocycles. The third-order valence-corrected chi connectivity index (χ3v) is 4.82. The number of halogens is 1. The molecule has 124 valence electrons. The molecule has 1 fully saturated rings. The Kier molecular flexibility index (Phi) is 6.54. The molecule has 1 aromatic carbocycles. The highest BCUT2D eigenvalue weighted by molar-refractivity contribution is 7.89. The molecule has 1 aliphatic rings. The zero-order chi connectivity index (χ0) is 15.5. The highest BCUT2D eigenvalue weighted by atomic mass is 35.5. The van der Waals surface area contributed by atoms with E-state index >= 15 is 0 Å². The minimum Gasteiger partial charge on any atom is -0.495 e. The van der Waals surface area contributed by atoms with Gasteiger partial charge in [-0.1, -0.05) is 0 Å². The summed E-state index contributed by atoms with van der Waals surface area (Å²) >= 11 is 0. The zero-order valence-electron chi connectivity index (χ0n) is 11.9. The lowest BCUT2D eigenvalue weighted by Crippen LogP contribution is -2.30. The summed E-state index contributed by atoms with van der Waals surface area (Å²) in [7, 11) is -2.53. The summed E-state index contributed by atoms with van der Waals surface area (Å²) in [5.74, 6) is 0.308. The van der Waals surface area contributed by atoms with Crippen LogP contribution < -0.4 is 14.8 Å². The molecule has 0 amide bonds. The number of sulfonamides is 1. The molecule has 0 bridgehead atoms. The van der Waals surface area contributed by atoms with Crippen molar-refractivity contribution in [3.8, 4) is 5.75 Å². The van der Waals surface area contributed by atoms with Gasteiger partial charge in [-0.05, 0) is 31.5 Å². The third-order valence-electron chi connectivity index (χ3n) is 3.37. The Morgan fingerprint density at radius 1 is 1.50 bits per heavy atom. The molecule has 1 unspecified atom stereocenters. The van der Waals surface area contributed by atoms with Crippen LogP contribution in [0.1, 0.15) is 6.42 Å². The van der Waals surface area contributed by atoms with Gasteiger partial charge in [0.25, 0.3) is 5.69 Å². The van der Waals surface area contributed by atoms with Crippen LogP contribution in [0.5, 0.6) is 5.75 Å². The fourth-order valence-corrected chi connectivity index (χ4v) is 3.49. The van der Waals surface area contributed by atoms with Crippen LogP contribution in [0.15, 0.2) is 23.1 Å². The summed E-state index contributed by atoms with van der Waals surface area (Å²) in [6.07, 6.45) is 0.897. The van der Waals surface area contributed by atoms with Crippen LogP contribution in [0.25, 0.3) is 0 Å². The first kappa shape index (κ1) is 18.6. The summed E-state index contributed by atoms with van der Waals surface area (Å²) in [4.78, 5) is 9.93. The van der Waals surface area contributed by atoms with Crippen molar-refractivity contribution in [2.45, 2.75) is 11.3 Å². The highest BCUT2D eigenvalue weighted by Gasteiger charge is 2.24. The molecular weight excluding hydrogens is 334 g/mol. The van der Waals surface area contributed by atoms with Crippen LogP contribution in [-0.2, 0) is 10.0 Å². The second-order valence-electron chi connectivity index (χ2n) is 4.80. The van der Waals surface area contributed by atoms with E-state index in [9.17, 15) is 18.5 Å². The van der Waals surface area contributed by atoms with Gasteiger partial charge in [0.2, 0.25) is 10.0 Å². The molecule has 10 heteroatoms. The van der Waals surface area contributed by atoms with Crippen LogP contribution in [0.4, 0.5) is 5.69 Å². The maximum atomic E-state index is 12.3. The van der Waals surface area contributed by atoms with Gasteiger partial charge in [-0.3, -0.25) is 10.1 Å². The number of nitro benzene ring substituents is 1. The van der Waals surface area contributed by atoms with Gasteiger partial charge in [0, 0.05) is 18.7 Å². The molecule has 0 radical (unpaired) electrons. The zero-order valence-corrected chi connectivity index (χ0v) is 13.6. The van der Waals surface area contributed by atoms with E-state index in [1.165, 1.54) is 19.2 Å². The van der Waals surface area contributed by atoms with Crippen molar-refractivity contribution in [1.29, 1.82) is 0 Å². The molecule has 22 heavy (non-hydrogen) atoms. The van der Waals surface area contributed by atoms with Gasteiger partial charge in [-0.15, -0.1) is 12.4 Å². The molecule has 2 rings (SSSR count). The average Bonchev–Trinajstić information content (AvgIpc) is 2.98. The van der Waals surface area contributed by atoms with Crippen LogP contribution >= 0.6 is 12.4 Å². The van der Waals surface area contributed by atoms with E-state index in [1.807, 2.05) is 0 Å². The number of nitro groups is 1. The number of rotatable bonds is 6. The van der Waals surface area contributed by atoms with E-state index in [4.69, 9.17) is 4.74 Å². The fourth-order valence-electron chi connectivity index (χ4n) is 2.18. The van der Waals surface area contributed by atoms with Crippen molar-refractivity contribution in [3.05, 3.63) is 28.3 Å². The maximum absolute atomic E-state index is 12.3. The lowest BCUT2D eigenvalue weighted by Gasteiger charge is -2.13. The lowest BCUT2D eigenvalue weighted by molar-refractivity contribution is -0.385. The Morgan fingerprint density at radius 2 is 2.23 bits per heavy atom. The molecule has 0 saturated carbocycles. The standard InChI is InChI=1S/C12H17N3O5S.ClH/c1-20-11-3-2-10(15(16)17)6-12(11)21(18,19)14-8-9-4-5-13-7-9;/h2-3,6,9,13-14H,4-5,7-8H2,1H3;1H. The molecule has 1 atom stereocenters. The number of nitrogens with zero attached hydrogens (tertiary/aromatic N) is 1. The molecule has 1 aromatic rings. The SMILES string of the molecule is COc1ccc([N+](=O)[O-])cc1S(=O)(=O)NCC1CCNC1.Cl. The number of hydrogen-bond acceptors (Lipinski definition) is 6. The molecule has 1 heterocycles. The first-order chi connectivity index (χ1) is 9.94. The van der Waals surface area contributed by atoms with Crippen molar-refractivity contribution in [3.63, 3.8) is 0 Å². The highest BCUT2D eigenvalue weighted by Crippen LogP contribution is 2.28. The van der Waals surface area contributed by atoms with Crippen molar-refractivity contribution in [1.82, 2.24) is 10.0 Å². The minimum absolute atomic E-state index is 0. The number of hydrogen-bond donors (Lipinski definition) is 2. The second-order valence-corrected chi connectivity index (χ2v) is 6.54. The van der Waals surface area contributed by atoms with Gasteiger partial charge in [-0.2, -0.15) is 0 Å². The van der Waals surface area contributed by atoms with E-state index in [0.717, 1.165) is 25.6 Å². The van der Waals surface area contributed by atoms with Crippen molar-refractivity contribution >= 4 is 28.1 Å². The van der Waals surface area contributed by atoms with Crippen molar-refractivity contribution < 1.29 is 18.1 Å². The predicted molar refractivity (Wildman–Crippen MR) is 83.1 cm³/mol. The fraction of sp³-hybridized carbons (Fsp3) is 0.500. The Balaban J connectivity index is 0.00000242. The summed E-state index contributed by atoms with van der Waals surface area (Å²) < 4.78 is 32.1. The summed E-state index contributed by atoms with van der Waals surface area (Å²) in [6, 6.07) is 3.50. The summed E-state index contributed by atoms with van der Waals surface area (Å²) in [5.41, 5.74) is -0.293. The molecule has 1 aliphatic heterocycles. The smallest absolute Gasteiger partial charge is 0.271 e. The van der Waals surface area contributed by atoms with E-state index in [1.54, 1.807) is 0 Å². The van der Waals surface area contributed by atoms with Gasteiger partial charge < -0.3 is 10.1 Å². The summed E-state index contributed by atoms with van der Waals surface area (Å²) in [5, 5.41) is 13.9. The second kappa shape index (κ2) is 7.73. The summed E-state index contributed by atoms with van der Waals surface area (Å²) in [6.45, 7) is 1.92. The van der Waals surface area contributed by atoms with Crippen molar-refractivity contribution in [2.75, 3.05) is 26.7 Å². The molecule has 1 saturated heterocycles. The van der Waals surface area contributed by atoms with E-state index < -0.39 is 14.9 Å². The van der Waals surface area contributed by atoms with E-state index in [2.05, 4.69) is 10.0 Å². The first-order valence-corrected chi connectivity index (χ1v) is 7.95. The molecule has 0 spiro atoms. The Hall–Kier alpha value is -1.42. The normalized spacial score (nSPS) is 17.8. The monoisotopic (exact) mass is 351 g/mol. The Bertz CT molecular complexity index is 632. The topological polar surface area (TPSA) is 111 Å². The first-order valence-electron chi connectivity index (χ1n) is 6.47. The Morgan fingerprint density at radius 3 is 2.77 bits per heavy atom. The molecule has 2 N–H and O–H groups in total. The van der Waals surface area contributed by atoms with E-state index in [-0.39, 0.29) is 34.7 Å². The van der Waals surface area contributed by atoms with Gasteiger partial charge in [-0.25, -0.2) is 13.1 Å². The van der Waals surface area contributed by atoms with Crippen LogP contribution in [-0.4, -0.2) is 40.1 Å². The van der Waals surface area contributed by atoms with Crippen LogP contribution in [0.3, 0.4) is 0 Å². The average molecular weight is 352 g/mol. The van der Waals surface area contributed by atoms with Gasteiger partial charge in [0.05, 0.1) is 12.0 Å². The largest absolute Gasteiger partial charge is 0.495 e. The van der Waals surface area contributed by atoms with Gasteiger partial charge >= 0.3 is 0 Å². The number of non-ortho nitro benzene ring substituents is 1. The minimum atomic E-state index is -3.85. The van der Waals surface area contributed by atoms with Gasteiger partial charge in [0.15, 0.2) is 0 Å². The number of nitrogens with one attached hydrogen (secondary N) is 2. The quantitative estimate of drug-likeness (QED) is 0.582. The number of ether oxygens (including phenoxy) is 1. The molecule has 8 nitrogen and oxygen atoms in total. The molecule has 0 aliphatic carbocycles. The third kappa shape index (κ3) is 4.29. The van der Waals surface area contributed by atoms with Gasteiger partial charge in [0.1, 0.15) is 10.6 Å². The van der Waals surface area contributed by atoms with E-state index in [0.29, 0.717) is 6.54 Å². The molecular formula is C12H18ClN3O5S. The van der Waals surface area contributed by atoms with Crippen LogP contribution in [0, 0.1) is 16.0 Å². The van der Waals surface area contributed by atoms with Crippen LogP contribution in [0.2, 0.25) is 0 Å². The predicted octanol–water partition coefficient (Wildman–Crippen LogP) is 0.913. The lowest BCUT2D eigenvalue weighted by atomic mass is 10.1. The number of benzene rings is 1. The van der Waals surface area contributed by atoms with Crippen molar-refractivity contribution in [2.24, 2.45) is 5.92 Å².